The van der Waals surface area contributed by atoms with E-state index in [-0.39, 0.29) is 0 Å². The summed E-state index contributed by atoms with van der Waals surface area (Å²) in [6.07, 6.45) is 8.81. The maximum Gasteiger partial charge on any atom is 0.163 e. The number of carbonyl (C=O) groups is 1. The van der Waals surface area contributed by atoms with E-state index in [0.717, 1.165) is 31.2 Å². The van der Waals surface area contributed by atoms with Gasteiger partial charge in [-0.15, -0.1) is 0 Å². The van der Waals surface area contributed by atoms with Gasteiger partial charge in [0, 0.05) is 12.0 Å². The van der Waals surface area contributed by atoms with Gasteiger partial charge in [0.15, 0.2) is 5.78 Å². The summed E-state index contributed by atoms with van der Waals surface area (Å²) in [6, 6.07) is 4.58. The molecule has 1 aromatic carbocycles. The lowest BCUT2D eigenvalue weighted by Gasteiger charge is -2.11. The average Bonchev–Trinajstić information content (AvgIpc) is 2.75. The maximum absolute atomic E-state index is 12.0. The Hall–Kier alpha value is -1.11. The van der Waals surface area contributed by atoms with Crippen molar-refractivity contribution in [1.29, 1.82) is 0 Å². The van der Waals surface area contributed by atoms with Crippen LogP contribution in [0.25, 0.3) is 0 Å². The smallest absolute Gasteiger partial charge is 0.163 e. The molecule has 18 heavy (non-hydrogen) atoms. The van der Waals surface area contributed by atoms with Crippen molar-refractivity contribution in [3.05, 3.63) is 34.4 Å². The molecule has 0 atom stereocenters. The summed E-state index contributed by atoms with van der Waals surface area (Å²) in [5, 5.41) is 0. The Bertz CT molecular complexity index is 431. The van der Waals surface area contributed by atoms with Crippen molar-refractivity contribution in [2.24, 2.45) is 0 Å². The van der Waals surface area contributed by atoms with Crippen LogP contribution in [0.1, 0.15) is 73.0 Å². The minimum atomic E-state index is 0.373. The molecule has 0 amide bonds. The van der Waals surface area contributed by atoms with Gasteiger partial charge >= 0.3 is 0 Å². The molecule has 0 spiro atoms. The van der Waals surface area contributed by atoms with E-state index in [1.165, 1.54) is 42.4 Å². The second kappa shape index (κ2) is 6.17. The van der Waals surface area contributed by atoms with Crippen molar-refractivity contribution in [3.8, 4) is 0 Å². The molecule has 0 saturated heterocycles. The third-order valence-electron chi connectivity index (χ3n) is 3.88. The van der Waals surface area contributed by atoms with Crippen molar-refractivity contribution in [3.63, 3.8) is 0 Å². The van der Waals surface area contributed by atoms with Crippen molar-refractivity contribution in [1.82, 2.24) is 0 Å². The lowest BCUT2D eigenvalue weighted by Crippen LogP contribution is -2.01. The van der Waals surface area contributed by atoms with Crippen LogP contribution in [-0.4, -0.2) is 5.78 Å². The topological polar surface area (TPSA) is 17.1 Å². The third kappa shape index (κ3) is 2.82. The Morgan fingerprint density at radius 2 is 1.72 bits per heavy atom. The van der Waals surface area contributed by atoms with Crippen molar-refractivity contribution < 1.29 is 4.79 Å². The quantitative estimate of drug-likeness (QED) is 0.720. The number of rotatable bonds is 6. The van der Waals surface area contributed by atoms with Gasteiger partial charge in [0.1, 0.15) is 0 Å². The number of hydrogen-bond acceptors (Lipinski definition) is 1. The zero-order valence-electron chi connectivity index (χ0n) is 11.7. The molecule has 0 radical (unpaired) electrons. The molecule has 1 aliphatic rings. The van der Waals surface area contributed by atoms with Gasteiger partial charge in [0.25, 0.3) is 0 Å². The van der Waals surface area contributed by atoms with E-state index in [1.807, 2.05) is 0 Å². The Kier molecular flexibility index (Phi) is 4.57. The standard InChI is InChI=1S/C17H24O/c1-3-5-7-13-11-14(8-6-4-2)17-15(12-13)9-10-16(17)18/h11-12H,3-10H2,1-2H3. The SMILES string of the molecule is CCCCc1cc(CCCC)c2c(c1)CCC2=O. The molecule has 2 rings (SSSR count). The molecular formula is C17H24O. The van der Waals surface area contributed by atoms with Gasteiger partial charge in [-0.25, -0.2) is 0 Å². The Labute approximate surface area is 111 Å². The van der Waals surface area contributed by atoms with Crippen LogP contribution < -0.4 is 0 Å². The first-order valence-corrected chi connectivity index (χ1v) is 7.44. The van der Waals surface area contributed by atoms with E-state index in [1.54, 1.807) is 0 Å². The maximum atomic E-state index is 12.0. The molecule has 1 heteroatoms. The number of carbonyl (C=O) groups excluding carboxylic acids is 1. The molecule has 0 unspecified atom stereocenters. The van der Waals surface area contributed by atoms with Crippen LogP contribution in [0.3, 0.4) is 0 Å². The van der Waals surface area contributed by atoms with Gasteiger partial charge < -0.3 is 0 Å². The van der Waals surface area contributed by atoms with E-state index >= 15 is 0 Å². The van der Waals surface area contributed by atoms with Gasteiger partial charge in [-0.1, -0.05) is 38.8 Å². The second-order valence-corrected chi connectivity index (χ2v) is 5.42. The monoisotopic (exact) mass is 244 g/mol. The highest BCUT2D eigenvalue weighted by Gasteiger charge is 2.23. The second-order valence-electron chi connectivity index (χ2n) is 5.42. The van der Waals surface area contributed by atoms with Crippen LogP contribution >= 0.6 is 0 Å². The largest absolute Gasteiger partial charge is 0.294 e. The fourth-order valence-electron chi connectivity index (χ4n) is 2.86. The first-order chi connectivity index (χ1) is 8.76. The van der Waals surface area contributed by atoms with Crippen LogP contribution in [0.2, 0.25) is 0 Å². The molecule has 0 aliphatic heterocycles. The summed E-state index contributed by atoms with van der Waals surface area (Å²) in [6.45, 7) is 4.44. The van der Waals surface area contributed by atoms with Gasteiger partial charge in [-0.05, 0) is 48.8 Å². The summed E-state index contributed by atoms with van der Waals surface area (Å²) in [4.78, 5) is 12.0. The minimum absolute atomic E-state index is 0.373. The molecule has 0 saturated carbocycles. The van der Waals surface area contributed by atoms with Gasteiger partial charge in [-0.3, -0.25) is 4.79 Å². The van der Waals surface area contributed by atoms with E-state index < -0.39 is 0 Å². The van der Waals surface area contributed by atoms with Gasteiger partial charge in [0.05, 0.1) is 0 Å². The fraction of sp³-hybridized carbons (Fsp3) is 0.588. The molecule has 1 nitrogen and oxygen atoms in total. The molecular weight excluding hydrogens is 220 g/mol. The molecule has 1 aromatic rings. The van der Waals surface area contributed by atoms with E-state index in [0.29, 0.717) is 5.78 Å². The summed E-state index contributed by atoms with van der Waals surface area (Å²) >= 11 is 0. The number of fused-ring (bicyclic) bond motifs is 1. The highest BCUT2D eigenvalue weighted by molar-refractivity contribution is 6.01. The number of aryl methyl sites for hydroxylation is 3. The van der Waals surface area contributed by atoms with Crippen LogP contribution in [0.15, 0.2) is 12.1 Å². The molecule has 0 fully saturated rings. The summed E-state index contributed by atoms with van der Waals surface area (Å²) in [5.74, 6) is 0.373. The fourth-order valence-corrected chi connectivity index (χ4v) is 2.86. The third-order valence-corrected chi connectivity index (χ3v) is 3.88. The van der Waals surface area contributed by atoms with Gasteiger partial charge in [-0.2, -0.15) is 0 Å². The van der Waals surface area contributed by atoms with E-state index in [9.17, 15) is 4.79 Å². The van der Waals surface area contributed by atoms with Crippen LogP contribution in [-0.2, 0) is 19.3 Å². The highest BCUT2D eigenvalue weighted by Crippen LogP contribution is 2.28. The predicted molar refractivity (Wildman–Crippen MR) is 76.3 cm³/mol. The first kappa shape index (κ1) is 13.3. The van der Waals surface area contributed by atoms with E-state index in [2.05, 4.69) is 26.0 Å². The molecule has 0 aromatic heterocycles. The number of ketones is 1. The Morgan fingerprint density at radius 3 is 2.44 bits per heavy atom. The van der Waals surface area contributed by atoms with Crippen LogP contribution in [0.4, 0.5) is 0 Å². The Morgan fingerprint density at radius 1 is 1.00 bits per heavy atom. The number of benzene rings is 1. The highest BCUT2D eigenvalue weighted by atomic mass is 16.1. The normalized spacial score (nSPS) is 14.0. The summed E-state index contributed by atoms with van der Waals surface area (Å²) in [7, 11) is 0. The van der Waals surface area contributed by atoms with Crippen molar-refractivity contribution in [2.45, 2.75) is 65.2 Å². The zero-order valence-corrected chi connectivity index (χ0v) is 11.7. The molecule has 98 valence electrons. The number of hydrogen-bond donors (Lipinski definition) is 0. The summed E-state index contributed by atoms with van der Waals surface area (Å²) in [5.41, 5.74) is 5.16. The number of Topliss-reactive ketones (excluding diaryl/α,β-unsaturated/α-hetero) is 1. The van der Waals surface area contributed by atoms with Gasteiger partial charge in [0.2, 0.25) is 0 Å². The molecule has 0 N–H and O–H groups in total. The van der Waals surface area contributed by atoms with E-state index in [4.69, 9.17) is 0 Å². The van der Waals surface area contributed by atoms with Crippen molar-refractivity contribution in [2.75, 3.05) is 0 Å². The van der Waals surface area contributed by atoms with Crippen LogP contribution in [0, 0.1) is 0 Å². The number of unbranched alkanes of at least 4 members (excludes halogenated alkanes) is 2. The molecule has 1 aliphatic carbocycles. The van der Waals surface area contributed by atoms with Crippen LogP contribution in [0.5, 0.6) is 0 Å². The minimum Gasteiger partial charge on any atom is -0.294 e. The zero-order chi connectivity index (χ0) is 13.0. The lowest BCUT2D eigenvalue weighted by molar-refractivity contribution is 0.0994. The summed E-state index contributed by atoms with van der Waals surface area (Å²) < 4.78 is 0. The lowest BCUT2D eigenvalue weighted by atomic mass is 9.94. The van der Waals surface area contributed by atoms with Crippen molar-refractivity contribution >= 4 is 5.78 Å². The Balaban J connectivity index is 2.29. The molecule has 0 bridgehead atoms. The average molecular weight is 244 g/mol. The predicted octanol–water partition coefficient (Wildman–Crippen LogP) is 4.50. The molecule has 0 heterocycles. The first-order valence-electron chi connectivity index (χ1n) is 7.44.